The van der Waals surface area contributed by atoms with Crippen molar-refractivity contribution in [2.45, 2.75) is 20.3 Å². The van der Waals surface area contributed by atoms with Crippen LogP contribution in [0.3, 0.4) is 0 Å². The zero-order valence-corrected chi connectivity index (χ0v) is 19.8. The quantitative estimate of drug-likeness (QED) is 0.372. The summed E-state index contributed by atoms with van der Waals surface area (Å²) in [6.07, 6.45) is 2.72. The molecule has 0 bridgehead atoms. The lowest BCUT2D eigenvalue weighted by atomic mass is 10.2. The Hall–Kier alpha value is -3.59. The second-order valence-electron chi connectivity index (χ2n) is 7.10. The summed E-state index contributed by atoms with van der Waals surface area (Å²) in [5.41, 5.74) is 1.35. The van der Waals surface area contributed by atoms with Crippen LogP contribution in [-0.2, 0) is 0 Å². The molecule has 2 heterocycles. The molecule has 0 N–H and O–H groups in total. The second kappa shape index (κ2) is 9.91. The normalized spacial score (nSPS) is 11.7. The highest BCUT2D eigenvalue weighted by Gasteiger charge is 2.14. The minimum absolute atomic E-state index is 0.224. The number of nitrogens with zero attached hydrogens (tertiary/aromatic N) is 3. The van der Waals surface area contributed by atoms with Gasteiger partial charge in [0.15, 0.2) is 28.8 Å². The number of methoxy groups -OCH3 is 2. The van der Waals surface area contributed by atoms with Gasteiger partial charge in [0.1, 0.15) is 0 Å². The Morgan fingerprint density at radius 3 is 2.45 bits per heavy atom. The molecule has 0 aliphatic carbocycles. The number of rotatable bonds is 9. The van der Waals surface area contributed by atoms with Crippen LogP contribution in [0, 0.1) is 0 Å². The van der Waals surface area contributed by atoms with Crippen molar-refractivity contribution >= 4 is 22.4 Å². The maximum Gasteiger partial charge on any atom is 0.291 e. The standard InChI is InChI=1S/C24H25N3O5S/c1-5-11-32-18-9-7-15(12-20(18)31-6-2)13-21-23(28)27-24(33-21)25-22(26-27)16-8-10-17(29-3)19(14-16)30-4/h7-10,12-14H,5-6,11H2,1-4H3/b21-13-. The molecular weight excluding hydrogens is 442 g/mol. The SMILES string of the molecule is CCCOc1ccc(/C=c2\sc3nc(-c4ccc(OC)c(OC)c4)nn3c2=O)cc1OCC. The summed E-state index contributed by atoms with van der Waals surface area (Å²) < 4.78 is 24.0. The van der Waals surface area contributed by atoms with Crippen LogP contribution in [-0.4, -0.2) is 42.0 Å². The summed E-state index contributed by atoms with van der Waals surface area (Å²) in [6.45, 7) is 5.11. The molecule has 0 spiro atoms. The highest BCUT2D eigenvalue weighted by molar-refractivity contribution is 7.15. The first-order valence-electron chi connectivity index (χ1n) is 10.6. The van der Waals surface area contributed by atoms with Gasteiger partial charge in [0, 0.05) is 5.56 Å². The topological polar surface area (TPSA) is 84.2 Å². The number of ether oxygens (including phenoxy) is 4. The van der Waals surface area contributed by atoms with Crippen molar-refractivity contribution in [1.29, 1.82) is 0 Å². The number of thiazole rings is 1. The Morgan fingerprint density at radius 2 is 1.76 bits per heavy atom. The third-order valence-corrected chi connectivity index (χ3v) is 5.81. The molecule has 0 saturated heterocycles. The van der Waals surface area contributed by atoms with Gasteiger partial charge >= 0.3 is 0 Å². The van der Waals surface area contributed by atoms with E-state index in [-0.39, 0.29) is 5.56 Å². The van der Waals surface area contributed by atoms with Crippen LogP contribution in [0.2, 0.25) is 0 Å². The molecule has 0 atom stereocenters. The van der Waals surface area contributed by atoms with E-state index >= 15 is 0 Å². The number of hydrogen-bond donors (Lipinski definition) is 0. The summed E-state index contributed by atoms with van der Waals surface area (Å²) in [6, 6.07) is 11.0. The first-order valence-corrected chi connectivity index (χ1v) is 11.4. The van der Waals surface area contributed by atoms with E-state index in [4.69, 9.17) is 18.9 Å². The molecule has 9 heteroatoms. The lowest BCUT2D eigenvalue weighted by molar-refractivity contribution is 0.277. The molecule has 8 nitrogen and oxygen atoms in total. The zero-order chi connectivity index (χ0) is 23.4. The van der Waals surface area contributed by atoms with Gasteiger partial charge in [-0.05, 0) is 55.3 Å². The van der Waals surface area contributed by atoms with E-state index in [9.17, 15) is 4.79 Å². The molecule has 4 rings (SSSR count). The largest absolute Gasteiger partial charge is 0.493 e. The van der Waals surface area contributed by atoms with Crippen LogP contribution in [0.25, 0.3) is 22.4 Å². The number of fused-ring (bicyclic) bond motifs is 1. The molecule has 2 aromatic carbocycles. The molecule has 0 unspecified atom stereocenters. The van der Waals surface area contributed by atoms with Crippen LogP contribution >= 0.6 is 11.3 Å². The van der Waals surface area contributed by atoms with Crippen molar-refractivity contribution in [2.75, 3.05) is 27.4 Å². The summed E-state index contributed by atoms with van der Waals surface area (Å²) in [5, 5.41) is 4.41. The molecule has 0 radical (unpaired) electrons. The summed E-state index contributed by atoms with van der Waals surface area (Å²) in [7, 11) is 3.14. The van der Waals surface area contributed by atoms with Gasteiger partial charge in [0.05, 0.1) is 32.0 Å². The highest BCUT2D eigenvalue weighted by atomic mass is 32.1. The zero-order valence-electron chi connectivity index (χ0n) is 19.0. The maximum atomic E-state index is 13.0. The summed E-state index contributed by atoms with van der Waals surface area (Å²) >= 11 is 1.28. The molecule has 2 aromatic heterocycles. The number of hydrogen-bond acceptors (Lipinski definition) is 8. The molecule has 0 fully saturated rings. The predicted molar refractivity (Wildman–Crippen MR) is 128 cm³/mol. The Bertz CT molecular complexity index is 1380. The lowest BCUT2D eigenvalue weighted by Crippen LogP contribution is -2.23. The molecule has 0 aliphatic rings. The predicted octanol–water partition coefficient (Wildman–Crippen LogP) is 3.57. The van der Waals surface area contributed by atoms with Crippen LogP contribution in [0.15, 0.2) is 41.2 Å². The average Bonchev–Trinajstić information content (AvgIpc) is 3.37. The maximum absolute atomic E-state index is 13.0. The molecule has 33 heavy (non-hydrogen) atoms. The number of benzene rings is 2. The smallest absolute Gasteiger partial charge is 0.291 e. The monoisotopic (exact) mass is 467 g/mol. The van der Waals surface area contributed by atoms with Crippen LogP contribution < -0.4 is 29.0 Å². The fourth-order valence-electron chi connectivity index (χ4n) is 3.30. The third-order valence-electron chi connectivity index (χ3n) is 4.85. The Balaban J connectivity index is 1.69. The van der Waals surface area contributed by atoms with Gasteiger partial charge in [0.25, 0.3) is 5.56 Å². The van der Waals surface area contributed by atoms with E-state index in [2.05, 4.69) is 17.0 Å². The van der Waals surface area contributed by atoms with Gasteiger partial charge in [-0.2, -0.15) is 9.50 Å². The van der Waals surface area contributed by atoms with E-state index in [1.54, 1.807) is 26.4 Å². The van der Waals surface area contributed by atoms with Crippen molar-refractivity contribution in [3.63, 3.8) is 0 Å². The van der Waals surface area contributed by atoms with Gasteiger partial charge in [-0.1, -0.05) is 24.3 Å². The van der Waals surface area contributed by atoms with Crippen molar-refractivity contribution in [3.05, 3.63) is 56.8 Å². The Morgan fingerprint density at radius 1 is 0.970 bits per heavy atom. The van der Waals surface area contributed by atoms with E-state index in [1.807, 2.05) is 37.3 Å². The first kappa shape index (κ1) is 22.6. The van der Waals surface area contributed by atoms with Crippen molar-refractivity contribution in [3.8, 4) is 34.4 Å². The molecule has 0 amide bonds. The Kier molecular flexibility index (Phi) is 6.79. The second-order valence-corrected chi connectivity index (χ2v) is 8.11. The van der Waals surface area contributed by atoms with Crippen molar-refractivity contribution < 1.29 is 18.9 Å². The molecule has 172 valence electrons. The molecule has 0 saturated carbocycles. The average molecular weight is 468 g/mol. The van der Waals surface area contributed by atoms with Crippen molar-refractivity contribution in [2.24, 2.45) is 0 Å². The van der Waals surface area contributed by atoms with Gasteiger partial charge in [-0.25, -0.2) is 0 Å². The van der Waals surface area contributed by atoms with Gasteiger partial charge in [-0.15, -0.1) is 5.10 Å². The van der Waals surface area contributed by atoms with Crippen molar-refractivity contribution in [1.82, 2.24) is 14.6 Å². The fraction of sp³-hybridized carbons (Fsp3) is 0.292. The van der Waals surface area contributed by atoms with E-state index in [0.717, 1.165) is 17.5 Å². The van der Waals surface area contributed by atoms with Gasteiger partial charge in [-0.3, -0.25) is 4.79 Å². The fourth-order valence-corrected chi connectivity index (χ4v) is 4.20. The van der Waals surface area contributed by atoms with E-state index < -0.39 is 0 Å². The van der Waals surface area contributed by atoms with Crippen LogP contribution in [0.1, 0.15) is 25.8 Å². The Labute approximate surface area is 195 Å². The van der Waals surface area contributed by atoms with Gasteiger partial charge < -0.3 is 18.9 Å². The minimum Gasteiger partial charge on any atom is -0.493 e. The van der Waals surface area contributed by atoms with E-state index in [1.165, 1.54) is 15.9 Å². The van der Waals surface area contributed by atoms with Gasteiger partial charge in [0.2, 0.25) is 4.96 Å². The summed E-state index contributed by atoms with van der Waals surface area (Å²) in [5.74, 6) is 2.98. The molecule has 0 aliphatic heterocycles. The van der Waals surface area contributed by atoms with Crippen LogP contribution in [0.4, 0.5) is 0 Å². The minimum atomic E-state index is -0.224. The first-order chi connectivity index (χ1) is 16.1. The number of aromatic nitrogens is 3. The summed E-state index contributed by atoms with van der Waals surface area (Å²) in [4.78, 5) is 18.0. The molecule has 4 aromatic rings. The highest BCUT2D eigenvalue weighted by Crippen LogP contribution is 2.31. The van der Waals surface area contributed by atoms with Crippen LogP contribution in [0.5, 0.6) is 23.0 Å². The molecular formula is C24H25N3O5S. The lowest BCUT2D eigenvalue weighted by Gasteiger charge is -2.11. The third kappa shape index (κ3) is 4.63. The van der Waals surface area contributed by atoms with E-state index in [0.29, 0.717) is 51.5 Å².